The van der Waals surface area contributed by atoms with Gasteiger partial charge in [0, 0.05) is 31.7 Å². The zero-order chi connectivity index (χ0) is 13.0. The highest BCUT2D eigenvalue weighted by Gasteiger charge is 2.12. The molecule has 0 saturated carbocycles. The number of pyridine rings is 1. The average Bonchev–Trinajstić information content (AvgIpc) is 2.78. The van der Waals surface area contributed by atoms with Gasteiger partial charge in [-0.3, -0.25) is 14.5 Å². The van der Waals surface area contributed by atoms with Crippen LogP contribution in [0.5, 0.6) is 0 Å². The van der Waals surface area contributed by atoms with Crippen LogP contribution < -0.4 is 5.32 Å². The Balaban J connectivity index is 2.01. The maximum atomic E-state index is 12.0. The van der Waals surface area contributed by atoms with E-state index in [-0.39, 0.29) is 5.91 Å². The second-order valence-electron chi connectivity index (χ2n) is 4.03. The number of hydrogen-bond donors (Lipinski definition) is 1. The highest BCUT2D eigenvalue weighted by atomic mass is 16.1. The SMILES string of the molecule is CCn1cc(C(=O)NCc2cccnc2)c(C)n1. The lowest BCUT2D eigenvalue weighted by Crippen LogP contribution is -2.23. The normalized spacial score (nSPS) is 10.3. The molecule has 94 valence electrons. The molecule has 0 radical (unpaired) electrons. The Bertz CT molecular complexity index is 533. The van der Waals surface area contributed by atoms with Gasteiger partial charge >= 0.3 is 0 Å². The first-order valence-corrected chi connectivity index (χ1v) is 5.92. The van der Waals surface area contributed by atoms with E-state index in [4.69, 9.17) is 0 Å². The van der Waals surface area contributed by atoms with Gasteiger partial charge in [0.25, 0.3) is 5.91 Å². The first-order valence-electron chi connectivity index (χ1n) is 5.92. The molecule has 0 atom stereocenters. The largest absolute Gasteiger partial charge is 0.348 e. The lowest BCUT2D eigenvalue weighted by molar-refractivity contribution is 0.0950. The van der Waals surface area contributed by atoms with Crippen molar-refractivity contribution in [2.75, 3.05) is 0 Å². The second-order valence-corrected chi connectivity index (χ2v) is 4.03. The summed E-state index contributed by atoms with van der Waals surface area (Å²) in [5, 5.41) is 7.11. The number of aromatic nitrogens is 3. The quantitative estimate of drug-likeness (QED) is 0.887. The third-order valence-corrected chi connectivity index (χ3v) is 2.69. The van der Waals surface area contributed by atoms with Crippen LogP contribution >= 0.6 is 0 Å². The van der Waals surface area contributed by atoms with Gasteiger partial charge in [-0.15, -0.1) is 0 Å². The number of amides is 1. The van der Waals surface area contributed by atoms with Crippen molar-refractivity contribution in [1.29, 1.82) is 0 Å². The third-order valence-electron chi connectivity index (χ3n) is 2.69. The zero-order valence-corrected chi connectivity index (χ0v) is 10.6. The van der Waals surface area contributed by atoms with Gasteiger partial charge in [-0.1, -0.05) is 6.07 Å². The summed E-state index contributed by atoms with van der Waals surface area (Å²) in [5.41, 5.74) is 2.35. The van der Waals surface area contributed by atoms with Crippen molar-refractivity contribution in [2.24, 2.45) is 0 Å². The number of aryl methyl sites for hydroxylation is 2. The number of nitrogens with one attached hydrogen (secondary N) is 1. The predicted octanol–water partition coefficient (Wildman–Crippen LogP) is 1.54. The monoisotopic (exact) mass is 244 g/mol. The molecule has 0 fully saturated rings. The fraction of sp³-hybridized carbons (Fsp3) is 0.308. The Morgan fingerprint density at radius 3 is 2.94 bits per heavy atom. The summed E-state index contributed by atoms with van der Waals surface area (Å²) in [6, 6.07) is 3.78. The van der Waals surface area contributed by atoms with Gasteiger partial charge in [-0.05, 0) is 25.5 Å². The van der Waals surface area contributed by atoms with E-state index >= 15 is 0 Å². The predicted molar refractivity (Wildman–Crippen MR) is 68.0 cm³/mol. The molecule has 0 saturated heterocycles. The Labute approximate surface area is 106 Å². The van der Waals surface area contributed by atoms with E-state index in [1.165, 1.54) is 0 Å². The molecule has 18 heavy (non-hydrogen) atoms. The van der Waals surface area contributed by atoms with Gasteiger partial charge in [0.2, 0.25) is 0 Å². The van der Waals surface area contributed by atoms with Gasteiger partial charge in [-0.2, -0.15) is 5.10 Å². The van der Waals surface area contributed by atoms with Crippen LogP contribution in [0.2, 0.25) is 0 Å². The van der Waals surface area contributed by atoms with E-state index in [1.54, 1.807) is 23.3 Å². The first kappa shape index (κ1) is 12.3. The molecule has 1 N–H and O–H groups in total. The van der Waals surface area contributed by atoms with Crippen LogP contribution in [0, 0.1) is 6.92 Å². The lowest BCUT2D eigenvalue weighted by Gasteiger charge is -2.03. The van der Waals surface area contributed by atoms with Crippen molar-refractivity contribution >= 4 is 5.91 Å². The maximum absolute atomic E-state index is 12.0. The summed E-state index contributed by atoms with van der Waals surface area (Å²) in [6.07, 6.45) is 5.22. The van der Waals surface area contributed by atoms with Gasteiger partial charge in [0.1, 0.15) is 0 Å². The summed E-state index contributed by atoms with van der Waals surface area (Å²) in [7, 11) is 0. The molecule has 5 heteroatoms. The van der Waals surface area contributed by atoms with E-state index in [0.717, 1.165) is 17.8 Å². The van der Waals surface area contributed by atoms with Crippen LogP contribution in [-0.4, -0.2) is 20.7 Å². The van der Waals surface area contributed by atoms with Crippen LogP contribution in [0.15, 0.2) is 30.7 Å². The number of carbonyl (C=O) groups excluding carboxylic acids is 1. The molecule has 0 bridgehead atoms. The van der Waals surface area contributed by atoms with Gasteiger partial charge in [0.15, 0.2) is 0 Å². The lowest BCUT2D eigenvalue weighted by atomic mass is 10.2. The number of carbonyl (C=O) groups is 1. The highest BCUT2D eigenvalue weighted by molar-refractivity contribution is 5.94. The Morgan fingerprint density at radius 2 is 2.33 bits per heavy atom. The number of rotatable bonds is 4. The summed E-state index contributed by atoms with van der Waals surface area (Å²) in [6.45, 7) is 5.06. The third kappa shape index (κ3) is 2.74. The van der Waals surface area contributed by atoms with Gasteiger partial charge in [0.05, 0.1) is 11.3 Å². The minimum absolute atomic E-state index is 0.101. The Morgan fingerprint density at radius 1 is 1.50 bits per heavy atom. The molecule has 0 aromatic carbocycles. The highest BCUT2D eigenvalue weighted by Crippen LogP contribution is 2.06. The fourth-order valence-electron chi connectivity index (χ4n) is 1.68. The standard InChI is InChI=1S/C13H16N4O/c1-3-17-9-12(10(2)16-17)13(18)15-8-11-5-4-6-14-7-11/h4-7,9H,3,8H2,1-2H3,(H,15,18). The van der Waals surface area contributed by atoms with Crippen LogP contribution in [0.4, 0.5) is 0 Å². The smallest absolute Gasteiger partial charge is 0.255 e. The molecule has 0 aliphatic rings. The Kier molecular flexibility index (Phi) is 3.72. The van der Waals surface area contributed by atoms with Crippen LogP contribution in [-0.2, 0) is 13.1 Å². The molecule has 2 aromatic heterocycles. The number of nitrogens with zero attached hydrogens (tertiary/aromatic N) is 3. The molecule has 0 spiro atoms. The summed E-state index contributed by atoms with van der Waals surface area (Å²) in [5.74, 6) is -0.101. The van der Waals surface area contributed by atoms with Crippen molar-refractivity contribution in [3.05, 3.63) is 47.5 Å². The van der Waals surface area contributed by atoms with Crippen molar-refractivity contribution < 1.29 is 4.79 Å². The van der Waals surface area contributed by atoms with E-state index in [1.807, 2.05) is 26.0 Å². The molecular formula is C13H16N4O. The zero-order valence-electron chi connectivity index (χ0n) is 10.6. The van der Waals surface area contributed by atoms with Crippen molar-refractivity contribution in [1.82, 2.24) is 20.1 Å². The van der Waals surface area contributed by atoms with Crippen LogP contribution in [0.1, 0.15) is 28.5 Å². The molecular weight excluding hydrogens is 228 g/mol. The first-order chi connectivity index (χ1) is 8.70. The topological polar surface area (TPSA) is 59.8 Å². The molecule has 2 aromatic rings. The molecule has 0 aliphatic carbocycles. The summed E-state index contributed by atoms with van der Waals surface area (Å²) < 4.78 is 1.76. The second kappa shape index (κ2) is 5.44. The van der Waals surface area contributed by atoms with E-state index in [9.17, 15) is 4.79 Å². The minimum Gasteiger partial charge on any atom is -0.348 e. The van der Waals surface area contributed by atoms with Gasteiger partial charge in [-0.25, -0.2) is 0 Å². The maximum Gasteiger partial charge on any atom is 0.255 e. The molecule has 5 nitrogen and oxygen atoms in total. The van der Waals surface area contributed by atoms with Crippen molar-refractivity contribution in [3.8, 4) is 0 Å². The number of hydrogen-bond acceptors (Lipinski definition) is 3. The molecule has 0 aliphatic heterocycles. The molecule has 1 amide bonds. The average molecular weight is 244 g/mol. The van der Waals surface area contributed by atoms with Crippen molar-refractivity contribution in [3.63, 3.8) is 0 Å². The summed E-state index contributed by atoms with van der Waals surface area (Å²) in [4.78, 5) is 16.0. The van der Waals surface area contributed by atoms with E-state index < -0.39 is 0 Å². The molecule has 2 rings (SSSR count). The van der Waals surface area contributed by atoms with E-state index in [2.05, 4.69) is 15.4 Å². The van der Waals surface area contributed by atoms with Crippen molar-refractivity contribution in [2.45, 2.75) is 26.9 Å². The van der Waals surface area contributed by atoms with Crippen LogP contribution in [0.3, 0.4) is 0 Å². The Hall–Kier alpha value is -2.17. The summed E-state index contributed by atoms with van der Waals surface area (Å²) >= 11 is 0. The molecule has 0 unspecified atom stereocenters. The van der Waals surface area contributed by atoms with Gasteiger partial charge < -0.3 is 5.32 Å². The minimum atomic E-state index is -0.101. The fourth-order valence-corrected chi connectivity index (χ4v) is 1.68. The van der Waals surface area contributed by atoms with Crippen LogP contribution in [0.25, 0.3) is 0 Å². The molecule has 2 heterocycles. The van der Waals surface area contributed by atoms with E-state index in [0.29, 0.717) is 12.1 Å².